The second-order valence-electron chi connectivity index (χ2n) is 5.66. The smallest absolute Gasteiger partial charge is 0.194 e. The van der Waals surface area contributed by atoms with Crippen molar-refractivity contribution in [1.29, 1.82) is 0 Å². The molecule has 0 aliphatic rings. The predicted molar refractivity (Wildman–Crippen MR) is 118 cm³/mol. The van der Waals surface area contributed by atoms with Gasteiger partial charge in [-0.05, 0) is 24.6 Å². The van der Waals surface area contributed by atoms with Crippen LogP contribution in [0.5, 0.6) is 5.75 Å². The Labute approximate surface area is 176 Å². The molecule has 0 aliphatic heterocycles. The number of nitrogens with zero attached hydrogens (tertiary/aromatic N) is 3. The summed E-state index contributed by atoms with van der Waals surface area (Å²) < 4.78 is 10.5. The molecule has 1 atom stereocenters. The van der Waals surface area contributed by atoms with E-state index in [2.05, 4.69) is 25.6 Å². The van der Waals surface area contributed by atoms with Crippen molar-refractivity contribution in [2.75, 3.05) is 28.3 Å². The largest absolute Gasteiger partial charge is 0.497 e. The maximum atomic E-state index is 5.32. The van der Waals surface area contributed by atoms with Crippen molar-refractivity contribution >= 4 is 41.3 Å². The first-order valence-electron chi connectivity index (χ1n) is 8.09. The predicted octanol–water partition coefficient (Wildman–Crippen LogP) is 3.68. The third-order valence-electron chi connectivity index (χ3n) is 3.85. The van der Waals surface area contributed by atoms with Gasteiger partial charge in [-0.25, -0.2) is 4.98 Å². The fourth-order valence-electron chi connectivity index (χ4n) is 2.31. The summed E-state index contributed by atoms with van der Waals surface area (Å²) in [4.78, 5) is 11.0. The molecule has 1 N–H and O–H groups in total. The number of hydrogen-bond acceptors (Lipinski definition) is 5. The molecule has 0 fully saturated rings. The van der Waals surface area contributed by atoms with Crippen LogP contribution >= 0.6 is 35.3 Å². The number of aromatic nitrogens is 1. The van der Waals surface area contributed by atoms with Crippen molar-refractivity contribution in [3.05, 3.63) is 45.9 Å². The van der Waals surface area contributed by atoms with Gasteiger partial charge in [0.25, 0.3) is 0 Å². The highest BCUT2D eigenvalue weighted by atomic mass is 127. The van der Waals surface area contributed by atoms with Crippen LogP contribution in [0, 0.1) is 0 Å². The van der Waals surface area contributed by atoms with E-state index in [1.54, 1.807) is 32.6 Å². The van der Waals surface area contributed by atoms with Crippen LogP contribution in [0.15, 0.2) is 34.6 Å². The van der Waals surface area contributed by atoms with Crippen molar-refractivity contribution < 1.29 is 9.47 Å². The average Bonchev–Trinajstić information content (AvgIpc) is 3.10. The van der Waals surface area contributed by atoms with Gasteiger partial charge in [0, 0.05) is 33.1 Å². The van der Waals surface area contributed by atoms with Crippen molar-refractivity contribution in [1.82, 2.24) is 15.2 Å². The molecule has 144 valence electrons. The van der Waals surface area contributed by atoms with Crippen LogP contribution in [-0.4, -0.2) is 44.2 Å². The molecule has 0 aliphatic carbocycles. The summed E-state index contributed by atoms with van der Waals surface area (Å²) in [6, 6.07) is 7.99. The van der Waals surface area contributed by atoms with Gasteiger partial charge in [-0.1, -0.05) is 12.1 Å². The molecule has 1 heterocycles. The van der Waals surface area contributed by atoms with Crippen molar-refractivity contribution in [3.8, 4) is 5.75 Å². The Morgan fingerprint density at radius 3 is 2.58 bits per heavy atom. The molecule has 0 radical (unpaired) electrons. The summed E-state index contributed by atoms with van der Waals surface area (Å²) >= 11 is 1.62. The van der Waals surface area contributed by atoms with Gasteiger partial charge in [0.2, 0.25) is 0 Å². The lowest BCUT2D eigenvalue weighted by Gasteiger charge is -2.21. The molecular formula is C18H27IN4O2S. The minimum atomic E-state index is 0. The molecule has 1 unspecified atom stereocenters. The summed E-state index contributed by atoms with van der Waals surface area (Å²) in [6.45, 7) is 3.39. The number of halogens is 1. The van der Waals surface area contributed by atoms with E-state index >= 15 is 0 Å². The van der Waals surface area contributed by atoms with E-state index in [4.69, 9.17) is 9.47 Å². The number of ether oxygens (including phenoxy) is 2. The van der Waals surface area contributed by atoms with Gasteiger partial charge in [-0.3, -0.25) is 4.99 Å². The van der Waals surface area contributed by atoms with Gasteiger partial charge in [-0.15, -0.1) is 35.3 Å². The Balaban J connectivity index is 0.00000338. The topological polar surface area (TPSA) is 59.0 Å². The van der Waals surface area contributed by atoms with Crippen molar-refractivity contribution in [2.45, 2.75) is 26.1 Å². The fraction of sp³-hybridized carbons (Fsp3) is 0.444. The van der Waals surface area contributed by atoms with Gasteiger partial charge in [0.1, 0.15) is 16.9 Å². The molecule has 0 amide bonds. The highest BCUT2D eigenvalue weighted by Crippen LogP contribution is 2.21. The number of aliphatic imine (C=N–C) groups is 1. The molecule has 1 aromatic carbocycles. The van der Waals surface area contributed by atoms with Gasteiger partial charge in [0.15, 0.2) is 5.96 Å². The normalized spacial score (nSPS) is 12.3. The van der Waals surface area contributed by atoms with E-state index in [1.807, 2.05) is 38.2 Å². The summed E-state index contributed by atoms with van der Waals surface area (Å²) in [7, 11) is 7.15. The molecule has 0 spiro atoms. The van der Waals surface area contributed by atoms with Gasteiger partial charge >= 0.3 is 0 Å². The highest BCUT2D eigenvalue weighted by molar-refractivity contribution is 14.0. The van der Waals surface area contributed by atoms with Crippen LogP contribution in [0.4, 0.5) is 0 Å². The summed E-state index contributed by atoms with van der Waals surface area (Å²) in [5.41, 5.74) is 2.18. The van der Waals surface area contributed by atoms with E-state index in [1.165, 1.54) is 5.56 Å². The Morgan fingerprint density at radius 1 is 1.31 bits per heavy atom. The van der Waals surface area contributed by atoms with E-state index < -0.39 is 0 Å². The summed E-state index contributed by atoms with van der Waals surface area (Å²) in [5, 5.41) is 6.43. The van der Waals surface area contributed by atoms with Crippen LogP contribution in [-0.2, 0) is 17.8 Å². The second-order valence-corrected chi connectivity index (χ2v) is 6.55. The Morgan fingerprint density at radius 2 is 2.00 bits per heavy atom. The molecule has 6 nitrogen and oxygen atoms in total. The molecule has 2 rings (SSSR count). The number of methoxy groups -OCH3 is 2. The maximum Gasteiger partial charge on any atom is 0.194 e. The quantitative estimate of drug-likeness (QED) is 0.365. The lowest BCUT2D eigenvalue weighted by Crippen LogP contribution is -2.38. The van der Waals surface area contributed by atoms with Crippen LogP contribution in [0.25, 0.3) is 0 Å². The number of rotatable bonds is 7. The fourth-order valence-corrected chi connectivity index (χ4v) is 3.15. The number of nitrogens with one attached hydrogen (secondary N) is 1. The van der Waals surface area contributed by atoms with Gasteiger partial charge in [0.05, 0.1) is 19.3 Å². The van der Waals surface area contributed by atoms with Crippen LogP contribution < -0.4 is 10.1 Å². The first-order chi connectivity index (χ1) is 12.1. The third kappa shape index (κ3) is 6.40. The molecule has 0 saturated carbocycles. The second kappa shape index (κ2) is 11.3. The SMILES string of the molecule is CN=C(NCc1ccc(OC)cc1)N(C)Cc1csc(C(C)OC)n1.I. The Bertz CT molecular complexity index is 691. The molecule has 1 aromatic heterocycles. The monoisotopic (exact) mass is 490 g/mol. The molecule has 0 saturated heterocycles. The highest BCUT2D eigenvalue weighted by Gasteiger charge is 2.12. The average molecular weight is 490 g/mol. The molecular weight excluding hydrogens is 463 g/mol. The van der Waals surface area contributed by atoms with E-state index in [-0.39, 0.29) is 30.1 Å². The van der Waals surface area contributed by atoms with E-state index in [0.717, 1.165) is 22.4 Å². The Kier molecular flexibility index (Phi) is 9.89. The zero-order valence-corrected chi connectivity index (χ0v) is 19.0. The first-order valence-corrected chi connectivity index (χ1v) is 8.97. The minimum absolute atomic E-state index is 0. The van der Waals surface area contributed by atoms with Crippen LogP contribution in [0.3, 0.4) is 0 Å². The number of guanidine groups is 1. The van der Waals surface area contributed by atoms with E-state index in [9.17, 15) is 0 Å². The molecule has 26 heavy (non-hydrogen) atoms. The van der Waals surface area contributed by atoms with Crippen LogP contribution in [0.1, 0.15) is 29.3 Å². The van der Waals surface area contributed by atoms with Crippen molar-refractivity contribution in [3.63, 3.8) is 0 Å². The van der Waals surface area contributed by atoms with Crippen molar-refractivity contribution in [2.24, 2.45) is 4.99 Å². The lowest BCUT2D eigenvalue weighted by molar-refractivity contribution is 0.119. The first kappa shape index (κ1) is 22.7. The number of thiazole rings is 1. The lowest BCUT2D eigenvalue weighted by atomic mass is 10.2. The van der Waals surface area contributed by atoms with E-state index in [0.29, 0.717) is 13.1 Å². The maximum absolute atomic E-state index is 5.32. The summed E-state index contributed by atoms with van der Waals surface area (Å²) in [6.07, 6.45) is 0.0246. The van der Waals surface area contributed by atoms with Gasteiger partial charge in [-0.2, -0.15) is 0 Å². The minimum Gasteiger partial charge on any atom is -0.497 e. The number of hydrogen-bond donors (Lipinski definition) is 1. The molecule has 2 aromatic rings. The zero-order valence-electron chi connectivity index (χ0n) is 15.9. The summed E-state index contributed by atoms with van der Waals surface area (Å²) in [5.74, 6) is 1.68. The standard InChI is InChI=1S/C18H26N4O2S.HI/c1-13(23-4)17-21-15(12-25-17)11-22(3)18(19-2)20-10-14-6-8-16(24-5)9-7-14;/h6-9,12-13H,10-11H2,1-5H3,(H,19,20);1H. The van der Waals surface area contributed by atoms with Crippen LogP contribution in [0.2, 0.25) is 0 Å². The Hall–Kier alpha value is -1.39. The zero-order chi connectivity index (χ0) is 18.2. The molecule has 8 heteroatoms. The third-order valence-corrected chi connectivity index (χ3v) is 4.91. The van der Waals surface area contributed by atoms with Gasteiger partial charge < -0.3 is 19.7 Å². The number of benzene rings is 1. The molecule has 0 bridgehead atoms.